The smallest absolute Gasteiger partial charge is 0.148 e. The lowest BCUT2D eigenvalue weighted by Gasteiger charge is -1.99. The first-order valence-electron chi connectivity index (χ1n) is 2.89. The molecule has 56 valence electrons. The Morgan fingerprint density at radius 2 is 1.91 bits per heavy atom. The van der Waals surface area contributed by atoms with Gasteiger partial charge in [0.15, 0.2) is 0 Å². The second kappa shape index (κ2) is 2.46. The number of rotatable bonds is 0. The maximum Gasteiger partial charge on any atom is 0.148 e. The van der Waals surface area contributed by atoms with Crippen LogP contribution in [0.2, 0.25) is 0 Å². The summed E-state index contributed by atoms with van der Waals surface area (Å²) in [5.74, 6) is -0.596. The first-order chi connectivity index (χ1) is 5.15. The molecule has 0 fully saturated rings. The van der Waals surface area contributed by atoms with Gasteiger partial charge in [-0.05, 0) is 6.07 Å². The largest absolute Gasteiger partial charge is 0.398 e. The van der Waals surface area contributed by atoms with Crippen LogP contribution in [0.15, 0.2) is 12.1 Å². The van der Waals surface area contributed by atoms with Gasteiger partial charge in [0.2, 0.25) is 0 Å². The van der Waals surface area contributed by atoms with Gasteiger partial charge < -0.3 is 11.5 Å². The fraction of sp³-hybridized carbons (Fsp3) is 0. The highest BCUT2D eigenvalue weighted by molar-refractivity contribution is 5.60. The summed E-state index contributed by atoms with van der Waals surface area (Å²) in [6, 6.07) is 4.04. The minimum atomic E-state index is -0.596. The van der Waals surface area contributed by atoms with Crippen LogP contribution in [0.1, 0.15) is 5.56 Å². The minimum Gasteiger partial charge on any atom is -0.398 e. The standard InChI is InChI=1S/C7H6FN3/c8-5-2-6(10)4(3-9)1-7(5)11/h1-2H,10-11H2. The van der Waals surface area contributed by atoms with E-state index in [1.54, 1.807) is 6.07 Å². The quantitative estimate of drug-likeness (QED) is 0.540. The Morgan fingerprint density at radius 1 is 1.27 bits per heavy atom. The van der Waals surface area contributed by atoms with Gasteiger partial charge in [0.1, 0.15) is 11.9 Å². The summed E-state index contributed by atoms with van der Waals surface area (Å²) in [7, 11) is 0. The van der Waals surface area contributed by atoms with E-state index >= 15 is 0 Å². The van der Waals surface area contributed by atoms with Crippen LogP contribution in [0, 0.1) is 17.1 Å². The molecule has 0 unspecified atom stereocenters. The third kappa shape index (κ3) is 1.22. The maximum atomic E-state index is 12.6. The molecule has 0 radical (unpaired) electrons. The molecule has 0 atom stereocenters. The van der Waals surface area contributed by atoms with Gasteiger partial charge in [-0.25, -0.2) is 4.39 Å². The summed E-state index contributed by atoms with van der Waals surface area (Å²) in [5.41, 5.74) is 10.7. The van der Waals surface area contributed by atoms with E-state index < -0.39 is 5.82 Å². The van der Waals surface area contributed by atoms with Crippen LogP contribution in [0.4, 0.5) is 15.8 Å². The molecular formula is C7H6FN3. The van der Waals surface area contributed by atoms with Gasteiger partial charge in [-0.1, -0.05) is 0 Å². The molecule has 4 heteroatoms. The lowest BCUT2D eigenvalue weighted by Crippen LogP contribution is -1.96. The van der Waals surface area contributed by atoms with Crippen LogP contribution in [0.5, 0.6) is 0 Å². The van der Waals surface area contributed by atoms with E-state index in [1.807, 2.05) is 0 Å². The van der Waals surface area contributed by atoms with Crippen molar-refractivity contribution in [2.45, 2.75) is 0 Å². The molecule has 4 N–H and O–H groups in total. The van der Waals surface area contributed by atoms with Crippen LogP contribution in [-0.2, 0) is 0 Å². The molecule has 0 aliphatic heterocycles. The highest BCUT2D eigenvalue weighted by atomic mass is 19.1. The van der Waals surface area contributed by atoms with Crippen molar-refractivity contribution in [3.8, 4) is 6.07 Å². The first kappa shape index (κ1) is 7.35. The minimum absolute atomic E-state index is 0.0595. The summed E-state index contributed by atoms with van der Waals surface area (Å²) >= 11 is 0. The van der Waals surface area contributed by atoms with E-state index in [2.05, 4.69) is 0 Å². The van der Waals surface area contributed by atoms with Gasteiger partial charge in [-0.2, -0.15) is 5.26 Å². The Balaban J connectivity index is 3.35. The molecule has 0 aromatic heterocycles. The van der Waals surface area contributed by atoms with Crippen LogP contribution in [0.25, 0.3) is 0 Å². The molecule has 0 aliphatic rings. The molecule has 3 nitrogen and oxygen atoms in total. The van der Waals surface area contributed by atoms with Crippen molar-refractivity contribution in [2.24, 2.45) is 0 Å². The summed E-state index contributed by atoms with van der Waals surface area (Å²) < 4.78 is 12.6. The average molecular weight is 151 g/mol. The van der Waals surface area contributed by atoms with E-state index in [9.17, 15) is 4.39 Å². The molecular weight excluding hydrogens is 145 g/mol. The lowest BCUT2D eigenvalue weighted by molar-refractivity contribution is 0.633. The van der Waals surface area contributed by atoms with Crippen molar-refractivity contribution in [3.05, 3.63) is 23.5 Å². The van der Waals surface area contributed by atoms with Crippen LogP contribution in [-0.4, -0.2) is 0 Å². The number of nitriles is 1. The van der Waals surface area contributed by atoms with Gasteiger partial charge >= 0.3 is 0 Å². The zero-order chi connectivity index (χ0) is 8.43. The summed E-state index contributed by atoms with van der Waals surface area (Å²) in [5, 5.41) is 8.43. The van der Waals surface area contributed by atoms with Gasteiger partial charge in [-0.3, -0.25) is 0 Å². The summed E-state index contributed by atoms with van der Waals surface area (Å²) in [4.78, 5) is 0. The molecule has 1 rings (SSSR count). The number of benzene rings is 1. The predicted molar refractivity (Wildman–Crippen MR) is 39.9 cm³/mol. The highest BCUT2D eigenvalue weighted by Crippen LogP contribution is 2.18. The number of halogens is 1. The molecule has 0 bridgehead atoms. The Morgan fingerprint density at radius 3 is 2.45 bits per heavy atom. The zero-order valence-corrected chi connectivity index (χ0v) is 5.63. The molecule has 0 heterocycles. The van der Waals surface area contributed by atoms with Gasteiger partial charge in [0, 0.05) is 6.07 Å². The number of nitrogens with zero attached hydrogens (tertiary/aromatic N) is 1. The normalized spacial score (nSPS) is 9.09. The Hall–Kier alpha value is -1.76. The topological polar surface area (TPSA) is 75.8 Å². The van der Waals surface area contributed by atoms with Crippen LogP contribution < -0.4 is 11.5 Å². The molecule has 0 saturated heterocycles. The summed E-state index contributed by atoms with van der Waals surface area (Å²) in [6.45, 7) is 0. The van der Waals surface area contributed by atoms with Gasteiger partial charge in [-0.15, -0.1) is 0 Å². The molecule has 0 saturated carbocycles. The van der Waals surface area contributed by atoms with Crippen LogP contribution >= 0.6 is 0 Å². The molecule has 1 aromatic rings. The molecule has 11 heavy (non-hydrogen) atoms. The second-order valence-corrected chi connectivity index (χ2v) is 2.07. The van der Waals surface area contributed by atoms with E-state index in [1.165, 1.54) is 6.07 Å². The Labute approximate surface area is 63.0 Å². The average Bonchev–Trinajstić information content (AvgIpc) is 1.97. The molecule has 0 spiro atoms. The molecule has 1 aromatic carbocycles. The summed E-state index contributed by atoms with van der Waals surface area (Å²) in [6.07, 6.45) is 0. The lowest BCUT2D eigenvalue weighted by atomic mass is 10.2. The highest BCUT2D eigenvalue weighted by Gasteiger charge is 2.03. The fourth-order valence-corrected chi connectivity index (χ4v) is 0.702. The maximum absolute atomic E-state index is 12.6. The van der Waals surface area contributed by atoms with E-state index in [0.29, 0.717) is 0 Å². The third-order valence-electron chi connectivity index (χ3n) is 1.29. The Bertz CT molecular complexity index is 327. The third-order valence-corrected chi connectivity index (χ3v) is 1.29. The fourth-order valence-electron chi connectivity index (χ4n) is 0.702. The predicted octanol–water partition coefficient (Wildman–Crippen LogP) is 0.862. The van der Waals surface area contributed by atoms with Crippen molar-refractivity contribution in [2.75, 3.05) is 11.5 Å². The number of anilines is 2. The monoisotopic (exact) mass is 151 g/mol. The van der Waals surface area contributed by atoms with Crippen molar-refractivity contribution in [3.63, 3.8) is 0 Å². The second-order valence-electron chi connectivity index (χ2n) is 2.07. The van der Waals surface area contributed by atoms with Crippen molar-refractivity contribution >= 4 is 11.4 Å². The number of hydrogen-bond acceptors (Lipinski definition) is 3. The van der Waals surface area contributed by atoms with Crippen molar-refractivity contribution in [1.29, 1.82) is 5.26 Å². The Kier molecular flexibility index (Phi) is 1.65. The van der Waals surface area contributed by atoms with Gasteiger partial charge in [0.25, 0.3) is 0 Å². The van der Waals surface area contributed by atoms with Crippen LogP contribution in [0.3, 0.4) is 0 Å². The van der Waals surface area contributed by atoms with E-state index in [0.717, 1.165) is 6.07 Å². The zero-order valence-electron chi connectivity index (χ0n) is 5.63. The van der Waals surface area contributed by atoms with Crippen molar-refractivity contribution < 1.29 is 4.39 Å². The van der Waals surface area contributed by atoms with Gasteiger partial charge in [0.05, 0.1) is 16.9 Å². The number of nitrogens with two attached hydrogens (primary N) is 2. The van der Waals surface area contributed by atoms with Crippen molar-refractivity contribution in [1.82, 2.24) is 0 Å². The number of hydrogen-bond donors (Lipinski definition) is 2. The van der Waals surface area contributed by atoms with E-state index in [-0.39, 0.29) is 16.9 Å². The molecule has 0 amide bonds. The number of nitrogen functional groups attached to an aromatic ring is 2. The SMILES string of the molecule is N#Cc1cc(N)c(F)cc1N. The van der Waals surface area contributed by atoms with E-state index in [4.69, 9.17) is 16.7 Å². The first-order valence-corrected chi connectivity index (χ1v) is 2.89. The molecule has 0 aliphatic carbocycles.